The quantitative estimate of drug-likeness (QED) is 0.857. The average molecular weight is 278 g/mol. The average Bonchev–Trinajstić information content (AvgIpc) is 2.94. The number of aromatic nitrogens is 1. The van der Waals surface area contributed by atoms with Crippen molar-refractivity contribution in [2.75, 3.05) is 38.6 Å². The number of pyridine rings is 1. The molecule has 20 heavy (non-hydrogen) atoms. The van der Waals surface area contributed by atoms with Crippen molar-refractivity contribution in [2.24, 2.45) is 5.92 Å². The lowest BCUT2D eigenvalue weighted by atomic mass is 10.1. The number of amides is 2. The van der Waals surface area contributed by atoms with E-state index in [0.29, 0.717) is 24.0 Å². The van der Waals surface area contributed by atoms with Crippen LogP contribution in [0.15, 0.2) is 18.3 Å². The zero-order valence-corrected chi connectivity index (χ0v) is 12.1. The molecule has 0 spiro atoms. The molecule has 1 fully saturated rings. The van der Waals surface area contributed by atoms with Gasteiger partial charge in [-0.25, -0.2) is 9.78 Å². The minimum atomic E-state index is -0.188. The maximum Gasteiger partial charge on any atom is 0.319 e. The summed E-state index contributed by atoms with van der Waals surface area (Å²) in [5.74, 6) is 1.08. The van der Waals surface area contributed by atoms with Gasteiger partial charge in [-0.3, -0.25) is 0 Å². The lowest BCUT2D eigenvalue weighted by Crippen LogP contribution is -2.34. The molecule has 1 aromatic heterocycles. The Bertz CT molecular complexity index is 435. The molecular formula is C14H22N4O2. The highest BCUT2D eigenvalue weighted by molar-refractivity contribution is 5.88. The first-order valence-corrected chi connectivity index (χ1v) is 6.98. The molecule has 2 N–H and O–H groups in total. The summed E-state index contributed by atoms with van der Waals surface area (Å²) < 4.78 is 4.97. The van der Waals surface area contributed by atoms with E-state index in [2.05, 4.69) is 27.4 Å². The molecule has 1 atom stereocenters. The molecule has 2 rings (SSSR count). The van der Waals surface area contributed by atoms with E-state index in [1.165, 1.54) is 0 Å². The minimum Gasteiger partial charge on any atom is -0.481 e. The fourth-order valence-corrected chi connectivity index (χ4v) is 2.35. The van der Waals surface area contributed by atoms with Gasteiger partial charge in [0.05, 0.1) is 19.0 Å². The number of carbonyl (C=O) groups is 1. The van der Waals surface area contributed by atoms with Crippen molar-refractivity contribution in [3.63, 3.8) is 0 Å². The molecule has 1 saturated heterocycles. The van der Waals surface area contributed by atoms with Crippen molar-refractivity contribution in [3.8, 4) is 5.88 Å². The van der Waals surface area contributed by atoms with Gasteiger partial charge >= 0.3 is 6.03 Å². The molecule has 1 aliphatic rings. The van der Waals surface area contributed by atoms with Gasteiger partial charge in [0.2, 0.25) is 5.88 Å². The summed E-state index contributed by atoms with van der Waals surface area (Å²) in [4.78, 5) is 18.2. The Balaban J connectivity index is 1.72. The van der Waals surface area contributed by atoms with Gasteiger partial charge in [-0.05, 0) is 31.5 Å². The first-order valence-electron chi connectivity index (χ1n) is 6.98. The maximum absolute atomic E-state index is 11.8. The Kier molecular flexibility index (Phi) is 5.17. The van der Waals surface area contributed by atoms with Crippen LogP contribution >= 0.6 is 0 Å². The summed E-state index contributed by atoms with van der Waals surface area (Å²) in [6, 6.07) is 3.29. The molecule has 110 valence electrons. The SMILES string of the molecule is CCN1CC[C@@H](CNC(=O)Nc2ccc(OC)nc2)C1. The Morgan fingerprint density at radius 1 is 1.55 bits per heavy atom. The summed E-state index contributed by atoms with van der Waals surface area (Å²) in [6.45, 7) is 6.17. The van der Waals surface area contributed by atoms with Gasteiger partial charge in [0.15, 0.2) is 0 Å². The normalized spacial score (nSPS) is 18.8. The van der Waals surface area contributed by atoms with Crippen molar-refractivity contribution in [3.05, 3.63) is 18.3 Å². The summed E-state index contributed by atoms with van der Waals surface area (Å²) in [7, 11) is 1.56. The Morgan fingerprint density at radius 3 is 3.00 bits per heavy atom. The topological polar surface area (TPSA) is 66.5 Å². The summed E-state index contributed by atoms with van der Waals surface area (Å²) in [6.07, 6.45) is 2.73. The monoisotopic (exact) mass is 278 g/mol. The van der Waals surface area contributed by atoms with E-state index in [1.54, 1.807) is 25.4 Å². The van der Waals surface area contributed by atoms with E-state index in [-0.39, 0.29) is 6.03 Å². The van der Waals surface area contributed by atoms with Gasteiger partial charge in [0.25, 0.3) is 0 Å². The molecule has 0 unspecified atom stereocenters. The van der Waals surface area contributed by atoms with Gasteiger partial charge in [-0.2, -0.15) is 0 Å². The number of carbonyl (C=O) groups excluding carboxylic acids is 1. The predicted octanol–water partition coefficient (Wildman–Crippen LogP) is 1.55. The maximum atomic E-state index is 11.8. The summed E-state index contributed by atoms with van der Waals surface area (Å²) in [5.41, 5.74) is 0.657. The van der Waals surface area contributed by atoms with Crippen LogP contribution in [0.25, 0.3) is 0 Å². The number of methoxy groups -OCH3 is 1. The van der Waals surface area contributed by atoms with E-state index >= 15 is 0 Å². The van der Waals surface area contributed by atoms with Crippen LogP contribution in [-0.2, 0) is 0 Å². The number of rotatable bonds is 5. The Hall–Kier alpha value is -1.82. The number of anilines is 1. The van der Waals surface area contributed by atoms with Crippen molar-refractivity contribution in [1.82, 2.24) is 15.2 Å². The number of likely N-dealkylation sites (tertiary alicyclic amines) is 1. The molecule has 0 bridgehead atoms. The fraction of sp³-hybridized carbons (Fsp3) is 0.571. The van der Waals surface area contributed by atoms with E-state index in [4.69, 9.17) is 4.74 Å². The first-order chi connectivity index (χ1) is 9.71. The zero-order valence-electron chi connectivity index (χ0n) is 12.1. The van der Waals surface area contributed by atoms with Gasteiger partial charge in [0.1, 0.15) is 0 Å². The number of nitrogens with one attached hydrogen (secondary N) is 2. The molecule has 6 heteroatoms. The van der Waals surface area contributed by atoms with Crippen molar-refractivity contribution in [2.45, 2.75) is 13.3 Å². The van der Waals surface area contributed by atoms with E-state index in [1.807, 2.05) is 0 Å². The molecule has 0 saturated carbocycles. The minimum absolute atomic E-state index is 0.188. The highest BCUT2D eigenvalue weighted by Crippen LogP contribution is 2.15. The van der Waals surface area contributed by atoms with Gasteiger partial charge in [0, 0.05) is 19.2 Å². The molecule has 2 heterocycles. The third-order valence-electron chi connectivity index (χ3n) is 3.57. The van der Waals surface area contributed by atoms with Crippen LogP contribution in [0, 0.1) is 5.92 Å². The first kappa shape index (κ1) is 14.6. The second-order valence-electron chi connectivity index (χ2n) is 4.97. The molecule has 0 aromatic carbocycles. The summed E-state index contributed by atoms with van der Waals surface area (Å²) in [5, 5.41) is 5.67. The highest BCUT2D eigenvalue weighted by atomic mass is 16.5. The third kappa shape index (κ3) is 4.09. The Labute approximate surface area is 119 Å². The van der Waals surface area contributed by atoms with Crippen molar-refractivity contribution in [1.29, 1.82) is 0 Å². The third-order valence-corrected chi connectivity index (χ3v) is 3.57. The number of hydrogen-bond acceptors (Lipinski definition) is 4. The highest BCUT2D eigenvalue weighted by Gasteiger charge is 2.21. The van der Waals surface area contributed by atoms with E-state index in [0.717, 1.165) is 26.1 Å². The molecule has 1 aromatic rings. The van der Waals surface area contributed by atoms with Crippen LogP contribution < -0.4 is 15.4 Å². The lowest BCUT2D eigenvalue weighted by Gasteiger charge is -2.14. The Morgan fingerprint density at radius 2 is 2.40 bits per heavy atom. The number of nitrogens with zero attached hydrogens (tertiary/aromatic N) is 2. The van der Waals surface area contributed by atoms with Crippen LogP contribution in [0.1, 0.15) is 13.3 Å². The van der Waals surface area contributed by atoms with Gasteiger partial charge < -0.3 is 20.3 Å². The van der Waals surface area contributed by atoms with E-state index < -0.39 is 0 Å². The smallest absolute Gasteiger partial charge is 0.319 e. The van der Waals surface area contributed by atoms with Crippen LogP contribution in [0.5, 0.6) is 5.88 Å². The standard InChI is InChI=1S/C14H22N4O2/c1-3-18-7-6-11(10-18)8-16-14(19)17-12-4-5-13(20-2)15-9-12/h4-5,9,11H,3,6-8,10H2,1-2H3,(H2,16,17,19)/t11-/m0/s1. The largest absolute Gasteiger partial charge is 0.481 e. The molecular weight excluding hydrogens is 256 g/mol. The van der Waals surface area contributed by atoms with Gasteiger partial charge in [-0.1, -0.05) is 6.92 Å². The fourth-order valence-electron chi connectivity index (χ4n) is 2.35. The van der Waals surface area contributed by atoms with Crippen LogP contribution in [-0.4, -0.2) is 49.2 Å². The van der Waals surface area contributed by atoms with E-state index in [9.17, 15) is 4.79 Å². The zero-order chi connectivity index (χ0) is 14.4. The molecule has 6 nitrogen and oxygen atoms in total. The lowest BCUT2D eigenvalue weighted by molar-refractivity contribution is 0.250. The second-order valence-corrected chi connectivity index (χ2v) is 4.97. The van der Waals surface area contributed by atoms with Crippen molar-refractivity contribution >= 4 is 11.7 Å². The van der Waals surface area contributed by atoms with Crippen LogP contribution in [0.4, 0.5) is 10.5 Å². The molecule has 1 aliphatic heterocycles. The molecule has 2 amide bonds. The summed E-state index contributed by atoms with van der Waals surface area (Å²) >= 11 is 0. The number of hydrogen-bond donors (Lipinski definition) is 2. The second kappa shape index (κ2) is 7.09. The van der Waals surface area contributed by atoms with Crippen LogP contribution in [0.2, 0.25) is 0 Å². The predicted molar refractivity (Wildman–Crippen MR) is 78.0 cm³/mol. The molecule has 0 aliphatic carbocycles. The van der Waals surface area contributed by atoms with Crippen molar-refractivity contribution < 1.29 is 9.53 Å². The number of ether oxygens (including phenoxy) is 1. The van der Waals surface area contributed by atoms with Gasteiger partial charge in [-0.15, -0.1) is 0 Å². The number of urea groups is 1. The molecule has 0 radical (unpaired) electrons. The van der Waals surface area contributed by atoms with Crippen LogP contribution in [0.3, 0.4) is 0 Å².